The predicted molar refractivity (Wildman–Crippen MR) is 87.3 cm³/mol. The smallest absolute Gasteiger partial charge is 0.288 e. The fourth-order valence-electron chi connectivity index (χ4n) is 3.10. The highest BCUT2D eigenvalue weighted by Crippen LogP contribution is 2.27. The minimum absolute atomic E-state index is 0.146. The lowest BCUT2D eigenvalue weighted by molar-refractivity contribution is 0.870. The number of benzene rings is 2. The number of nitrogens with zero attached hydrogens (tertiary/aromatic N) is 2. The lowest BCUT2D eigenvalue weighted by Gasteiger charge is -2.02. The summed E-state index contributed by atoms with van der Waals surface area (Å²) >= 11 is 0. The number of nitrogens with one attached hydrogen (secondary N) is 1. The first-order chi connectivity index (χ1) is 10.8. The molecule has 0 aliphatic rings. The van der Waals surface area contributed by atoms with Crippen molar-refractivity contribution in [1.29, 1.82) is 0 Å². The van der Waals surface area contributed by atoms with Gasteiger partial charge < -0.3 is 0 Å². The van der Waals surface area contributed by atoms with Crippen molar-refractivity contribution in [3.05, 3.63) is 81.9 Å². The Morgan fingerprint density at radius 3 is 2.59 bits per heavy atom. The third-order valence-electron chi connectivity index (χ3n) is 4.06. The molecule has 0 saturated heterocycles. The van der Waals surface area contributed by atoms with Crippen LogP contribution in [0.15, 0.2) is 59.4 Å². The molecule has 1 N–H and O–H groups in total. The second-order valence-corrected chi connectivity index (χ2v) is 5.44. The molecule has 0 radical (unpaired) electrons. The average Bonchev–Trinajstić information content (AvgIpc) is 2.88. The van der Waals surface area contributed by atoms with Crippen LogP contribution < -0.4 is 5.56 Å². The molecule has 4 heteroatoms. The number of aromatic nitrogens is 3. The zero-order chi connectivity index (χ0) is 15.1. The van der Waals surface area contributed by atoms with Crippen LogP contribution in [0.2, 0.25) is 0 Å². The summed E-state index contributed by atoms with van der Waals surface area (Å²) in [6.45, 7) is 1.90. The van der Waals surface area contributed by atoms with Crippen LogP contribution in [0.4, 0.5) is 0 Å². The second kappa shape index (κ2) is 4.84. The lowest BCUT2D eigenvalue weighted by Crippen LogP contribution is -2.15. The summed E-state index contributed by atoms with van der Waals surface area (Å²) in [7, 11) is 0. The van der Waals surface area contributed by atoms with Crippen molar-refractivity contribution in [2.45, 2.75) is 13.3 Å². The van der Waals surface area contributed by atoms with Crippen LogP contribution in [0.3, 0.4) is 0 Å². The molecule has 0 saturated carbocycles. The SMILES string of the molecule is Cc1n[nH]c(=O)c2c(Cc3ccccc3)c3ccccc3n12. The van der Waals surface area contributed by atoms with Crippen LogP contribution in [-0.4, -0.2) is 14.6 Å². The summed E-state index contributed by atoms with van der Waals surface area (Å²) in [5.74, 6) is 0.783. The van der Waals surface area contributed by atoms with Crippen molar-refractivity contribution >= 4 is 16.4 Å². The lowest BCUT2D eigenvalue weighted by atomic mass is 10.0. The molecule has 2 aromatic carbocycles. The van der Waals surface area contributed by atoms with Gasteiger partial charge in [0.25, 0.3) is 5.56 Å². The molecule has 0 aliphatic heterocycles. The highest BCUT2D eigenvalue weighted by molar-refractivity contribution is 5.92. The Bertz CT molecular complexity index is 1030. The third kappa shape index (κ3) is 1.84. The fourth-order valence-corrected chi connectivity index (χ4v) is 3.10. The maximum Gasteiger partial charge on any atom is 0.288 e. The van der Waals surface area contributed by atoms with Crippen molar-refractivity contribution in [3.8, 4) is 0 Å². The third-order valence-corrected chi connectivity index (χ3v) is 4.06. The van der Waals surface area contributed by atoms with Gasteiger partial charge in [0, 0.05) is 11.8 Å². The first-order valence-electron chi connectivity index (χ1n) is 7.27. The van der Waals surface area contributed by atoms with E-state index in [1.165, 1.54) is 5.56 Å². The van der Waals surface area contributed by atoms with Crippen LogP contribution in [0.5, 0.6) is 0 Å². The number of hydrogen-bond acceptors (Lipinski definition) is 2. The van der Waals surface area contributed by atoms with Crippen LogP contribution in [-0.2, 0) is 6.42 Å². The Balaban J connectivity index is 2.11. The molecule has 2 aromatic heterocycles. The van der Waals surface area contributed by atoms with Crippen molar-refractivity contribution in [2.75, 3.05) is 0 Å². The van der Waals surface area contributed by atoms with Crippen molar-refractivity contribution in [2.24, 2.45) is 0 Å². The van der Waals surface area contributed by atoms with Crippen LogP contribution in [0.1, 0.15) is 17.0 Å². The van der Waals surface area contributed by atoms with Crippen LogP contribution in [0, 0.1) is 6.92 Å². The molecular weight excluding hydrogens is 274 g/mol. The molecule has 4 aromatic rings. The normalized spacial score (nSPS) is 11.3. The van der Waals surface area contributed by atoms with Gasteiger partial charge >= 0.3 is 0 Å². The van der Waals surface area contributed by atoms with E-state index in [1.807, 2.05) is 47.7 Å². The molecule has 0 amide bonds. The monoisotopic (exact) mass is 289 g/mol. The second-order valence-electron chi connectivity index (χ2n) is 5.44. The van der Waals surface area contributed by atoms with E-state index in [0.29, 0.717) is 5.52 Å². The Hall–Kier alpha value is -2.88. The first-order valence-corrected chi connectivity index (χ1v) is 7.27. The summed E-state index contributed by atoms with van der Waals surface area (Å²) in [5, 5.41) is 7.81. The quantitative estimate of drug-likeness (QED) is 0.616. The number of fused-ring (bicyclic) bond motifs is 3. The van der Waals surface area contributed by atoms with Crippen LogP contribution in [0.25, 0.3) is 16.4 Å². The molecule has 0 bridgehead atoms. The maximum atomic E-state index is 12.4. The number of aromatic amines is 1. The molecule has 4 nitrogen and oxygen atoms in total. The summed E-state index contributed by atoms with van der Waals surface area (Å²) in [6.07, 6.45) is 0.727. The zero-order valence-electron chi connectivity index (χ0n) is 12.2. The fraction of sp³-hybridized carbons (Fsp3) is 0.111. The zero-order valence-corrected chi connectivity index (χ0v) is 12.2. The molecule has 0 atom stereocenters. The van der Waals surface area contributed by atoms with Gasteiger partial charge in [-0.25, -0.2) is 5.10 Å². The number of H-pyrrole nitrogens is 1. The van der Waals surface area contributed by atoms with Crippen molar-refractivity contribution < 1.29 is 0 Å². The van der Waals surface area contributed by atoms with E-state index in [-0.39, 0.29) is 5.56 Å². The average molecular weight is 289 g/mol. The molecule has 2 heterocycles. The van der Waals surface area contributed by atoms with Crippen molar-refractivity contribution in [3.63, 3.8) is 0 Å². The molecule has 0 aliphatic carbocycles. The molecule has 0 spiro atoms. The standard InChI is InChI=1S/C18H15N3O/c1-12-19-20-18(22)17-15(11-13-7-3-2-4-8-13)14-9-5-6-10-16(14)21(12)17/h2-10H,11H2,1H3,(H,20,22). The molecule has 108 valence electrons. The summed E-state index contributed by atoms with van der Waals surface area (Å²) in [4.78, 5) is 12.4. The van der Waals surface area contributed by atoms with E-state index in [2.05, 4.69) is 28.4 Å². The van der Waals surface area contributed by atoms with Gasteiger partial charge in [-0.1, -0.05) is 48.5 Å². The van der Waals surface area contributed by atoms with E-state index in [0.717, 1.165) is 28.7 Å². The van der Waals surface area contributed by atoms with Gasteiger partial charge in [0.05, 0.1) is 5.52 Å². The predicted octanol–water partition coefficient (Wildman–Crippen LogP) is 3.08. The minimum Gasteiger partial charge on any atom is -0.291 e. The number of hydrogen-bond donors (Lipinski definition) is 1. The molecular formula is C18H15N3O. The minimum atomic E-state index is -0.146. The Morgan fingerprint density at radius 1 is 1.05 bits per heavy atom. The topological polar surface area (TPSA) is 50.2 Å². The Kier molecular flexibility index (Phi) is 2.82. The maximum absolute atomic E-state index is 12.4. The molecule has 0 unspecified atom stereocenters. The van der Waals surface area contributed by atoms with Gasteiger partial charge in [-0.05, 0) is 24.1 Å². The van der Waals surface area contributed by atoms with Gasteiger partial charge in [0.1, 0.15) is 11.3 Å². The number of para-hydroxylation sites is 1. The van der Waals surface area contributed by atoms with E-state index in [9.17, 15) is 4.79 Å². The van der Waals surface area contributed by atoms with Crippen molar-refractivity contribution in [1.82, 2.24) is 14.6 Å². The van der Waals surface area contributed by atoms with Gasteiger partial charge in [-0.15, -0.1) is 0 Å². The number of rotatable bonds is 2. The first kappa shape index (κ1) is 12.8. The van der Waals surface area contributed by atoms with Gasteiger partial charge in [0.15, 0.2) is 0 Å². The molecule has 4 rings (SSSR count). The molecule has 0 fully saturated rings. The summed E-state index contributed by atoms with van der Waals surface area (Å²) in [5.41, 5.74) is 3.81. The van der Waals surface area contributed by atoms with Gasteiger partial charge in [0.2, 0.25) is 0 Å². The van der Waals surface area contributed by atoms with E-state index in [1.54, 1.807) is 0 Å². The van der Waals surface area contributed by atoms with E-state index >= 15 is 0 Å². The highest BCUT2D eigenvalue weighted by atomic mass is 16.1. The highest BCUT2D eigenvalue weighted by Gasteiger charge is 2.16. The van der Waals surface area contributed by atoms with Gasteiger partial charge in [-0.3, -0.25) is 9.20 Å². The number of aryl methyl sites for hydroxylation is 1. The van der Waals surface area contributed by atoms with E-state index < -0.39 is 0 Å². The summed E-state index contributed by atoms with van der Waals surface area (Å²) in [6, 6.07) is 18.3. The van der Waals surface area contributed by atoms with E-state index in [4.69, 9.17) is 0 Å². The molecule has 22 heavy (non-hydrogen) atoms. The van der Waals surface area contributed by atoms with Gasteiger partial charge in [-0.2, -0.15) is 5.10 Å². The summed E-state index contributed by atoms with van der Waals surface area (Å²) < 4.78 is 1.95. The van der Waals surface area contributed by atoms with Crippen LogP contribution >= 0.6 is 0 Å². The largest absolute Gasteiger partial charge is 0.291 e. The Morgan fingerprint density at radius 2 is 1.77 bits per heavy atom. The Labute approximate surface area is 127 Å².